The number of ether oxygens (including phenoxy) is 2. The van der Waals surface area contributed by atoms with Crippen molar-refractivity contribution in [3.63, 3.8) is 0 Å². The van der Waals surface area contributed by atoms with E-state index in [-0.39, 0.29) is 41.6 Å². The van der Waals surface area contributed by atoms with E-state index >= 15 is 4.39 Å². The van der Waals surface area contributed by atoms with E-state index in [1.807, 2.05) is 0 Å². The summed E-state index contributed by atoms with van der Waals surface area (Å²) < 4.78 is 54.1. The van der Waals surface area contributed by atoms with Gasteiger partial charge >= 0.3 is 13.4 Å². The Morgan fingerprint density at radius 1 is 1.09 bits per heavy atom. The van der Waals surface area contributed by atoms with E-state index in [1.165, 1.54) is 29.5 Å². The first-order valence-electron chi connectivity index (χ1n) is 12.9. The van der Waals surface area contributed by atoms with Crippen LogP contribution in [0.1, 0.15) is 12.6 Å². The lowest BCUT2D eigenvalue weighted by Gasteiger charge is -2.32. The number of nitrogens with two attached hydrogens (primary N) is 2. The Bertz CT molecular complexity index is 1930. The lowest BCUT2D eigenvalue weighted by molar-refractivity contribution is -0.0616. The number of H-pyrrole nitrogens is 1. The van der Waals surface area contributed by atoms with E-state index in [0.717, 1.165) is 4.57 Å². The largest absolute Gasteiger partial charge is 0.383 e. The second kappa shape index (κ2) is 10.8. The third kappa shape index (κ3) is 5.25. The molecule has 236 valence electrons. The van der Waals surface area contributed by atoms with Crippen LogP contribution in [0.4, 0.5) is 16.2 Å². The molecule has 44 heavy (non-hydrogen) atoms. The van der Waals surface area contributed by atoms with Gasteiger partial charge in [0, 0.05) is 12.6 Å². The van der Waals surface area contributed by atoms with Crippen molar-refractivity contribution in [3.05, 3.63) is 35.3 Å². The maximum absolute atomic E-state index is 16.9. The Morgan fingerprint density at radius 2 is 1.86 bits per heavy atom. The first-order valence-corrected chi connectivity index (χ1v) is 18.1. The van der Waals surface area contributed by atoms with E-state index in [4.69, 9.17) is 62.6 Å². The number of aromatic nitrogens is 7. The summed E-state index contributed by atoms with van der Waals surface area (Å²) in [7, 11) is 0. The first-order chi connectivity index (χ1) is 20.8. The molecule has 18 nitrogen and oxygen atoms in total. The van der Waals surface area contributed by atoms with Crippen LogP contribution in [0, 0.1) is 0 Å². The smallest absolute Gasteiger partial charge is 0.325 e. The fourth-order valence-corrected chi connectivity index (χ4v) is 8.36. The third-order valence-electron chi connectivity index (χ3n) is 7.40. The minimum absolute atomic E-state index is 0.0154. The molecule has 4 aromatic heterocycles. The number of nitrogens with zero attached hydrogens (tertiary/aromatic N) is 6. The summed E-state index contributed by atoms with van der Waals surface area (Å²) in [6, 6.07) is 1.52. The maximum atomic E-state index is 16.9. The van der Waals surface area contributed by atoms with Crippen molar-refractivity contribution in [3.8, 4) is 0 Å². The molecule has 7 heterocycles. The van der Waals surface area contributed by atoms with Gasteiger partial charge in [-0.2, -0.15) is 4.98 Å². The molecule has 2 unspecified atom stereocenters. The van der Waals surface area contributed by atoms with Crippen molar-refractivity contribution in [2.24, 2.45) is 0 Å². The van der Waals surface area contributed by atoms with Crippen LogP contribution in [0.2, 0.25) is 0 Å². The van der Waals surface area contributed by atoms with E-state index in [1.54, 1.807) is 0 Å². The molecule has 0 amide bonds. The molecule has 0 spiro atoms. The van der Waals surface area contributed by atoms with Crippen molar-refractivity contribution in [2.45, 2.75) is 42.9 Å². The fraction of sp³-hybridized carbons (Fsp3) is 0.476. The van der Waals surface area contributed by atoms with Crippen molar-refractivity contribution < 1.29 is 41.7 Å². The molecule has 3 saturated heterocycles. The standard InChI is InChI=1S/C21H24FN9O9P2S2/c22-21(31-2-1-10-15(23)25-7-26-16(10)31)6-35-12-5-37-41(33,43)39-11-3-9(4-36-42(34,44)40-14(12)21)38-19(11)30-8-27-13-17(30)28-20(24)29-18(13)32/h1-2,7-9,11-12,14,19H,3-6H2,(H,33,43)(H,34,44)(H2,23,25,26)(H3,24,28,29,32)/t9-,11+,12+,14+,19+,21-,41?,42?/m0/s1. The van der Waals surface area contributed by atoms with Crippen molar-refractivity contribution in [2.75, 3.05) is 31.3 Å². The molecule has 3 fully saturated rings. The number of anilines is 2. The van der Waals surface area contributed by atoms with Gasteiger partial charge in [0.2, 0.25) is 11.7 Å². The minimum Gasteiger partial charge on any atom is -0.383 e. The molecule has 0 aromatic carbocycles. The monoisotopic (exact) mass is 691 g/mol. The Balaban J connectivity index is 1.21. The second-order valence-electron chi connectivity index (χ2n) is 10.2. The third-order valence-corrected chi connectivity index (χ3v) is 10.5. The molecule has 4 aromatic rings. The predicted octanol–water partition coefficient (Wildman–Crippen LogP) is 0.288. The topological polar surface area (TPSA) is 242 Å². The highest BCUT2D eigenvalue weighted by Crippen LogP contribution is 2.55. The molecular weight excluding hydrogens is 667 g/mol. The summed E-state index contributed by atoms with van der Waals surface area (Å²) in [4.78, 5) is 53.1. The molecule has 0 saturated carbocycles. The summed E-state index contributed by atoms with van der Waals surface area (Å²) in [6.45, 7) is -9.66. The van der Waals surface area contributed by atoms with Gasteiger partial charge in [0.15, 0.2) is 23.5 Å². The Morgan fingerprint density at radius 3 is 2.68 bits per heavy atom. The number of fused-ring (bicyclic) bond motifs is 5. The molecule has 3 aliphatic heterocycles. The number of rotatable bonds is 2. The fourth-order valence-electron chi connectivity index (χ4n) is 5.45. The average molecular weight is 692 g/mol. The second-order valence-corrected chi connectivity index (χ2v) is 15.8. The van der Waals surface area contributed by atoms with E-state index in [9.17, 15) is 14.6 Å². The highest BCUT2D eigenvalue weighted by Gasteiger charge is 2.56. The number of nitrogens with one attached hydrogen (secondary N) is 1. The van der Waals surface area contributed by atoms with Crippen molar-refractivity contribution >= 4 is 71.0 Å². The van der Waals surface area contributed by atoms with E-state index in [2.05, 4.69) is 24.9 Å². The lowest BCUT2D eigenvalue weighted by atomic mass is 10.1. The van der Waals surface area contributed by atoms with Gasteiger partial charge in [-0.05, 0) is 29.7 Å². The Labute approximate surface area is 255 Å². The van der Waals surface area contributed by atoms with Gasteiger partial charge in [-0.1, -0.05) is 0 Å². The van der Waals surface area contributed by atoms with Gasteiger partial charge in [0.25, 0.3) is 5.56 Å². The average Bonchev–Trinajstić information content (AvgIpc) is 3.72. The Kier molecular flexibility index (Phi) is 7.39. The summed E-state index contributed by atoms with van der Waals surface area (Å²) in [5.74, 6) is -2.51. The van der Waals surface area contributed by atoms with Crippen LogP contribution in [-0.4, -0.2) is 88.1 Å². The number of imidazole rings is 1. The summed E-state index contributed by atoms with van der Waals surface area (Å²) >= 11 is 10.6. The summed E-state index contributed by atoms with van der Waals surface area (Å²) in [6.07, 6.45) is -1.76. The zero-order chi connectivity index (χ0) is 31.0. The van der Waals surface area contributed by atoms with E-state index < -0.39 is 68.6 Å². The molecule has 2 bridgehead atoms. The van der Waals surface area contributed by atoms with Gasteiger partial charge in [-0.25, -0.2) is 19.3 Å². The molecule has 8 atom stereocenters. The maximum Gasteiger partial charge on any atom is 0.325 e. The van der Waals surface area contributed by atoms with Gasteiger partial charge in [-0.15, -0.1) is 0 Å². The van der Waals surface area contributed by atoms with Crippen LogP contribution in [0.5, 0.6) is 0 Å². The van der Waals surface area contributed by atoms with Gasteiger partial charge in [0.05, 0.1) is 31.0 Å². The van der Waals surface area contributed by atoms with Crippen LogP contribution >= 0.6 is 13.4 Å². The normalized spacial score (nSPS) is 36.6. The molecular formula is C21H24FN9O9P2S2. The summed E-state index contributed by atoms with van der Waals surface area (Å²) in [5.41, 5.74) is 11.3. The molecule has 23 heteroatoms. The Hall–Kier alpha value is -2.52. The van der Waals surface area contributed by atoms with Crippen LogP contribution in [0.25, 0.3) is 22.2 Å². The van der Waals surface area contributed by atoms with Crippen LogP contribution < -0.4 is 17.0 Å². The zero-order valence-corrected chi connectivity index (χ0v) is 25.6. The molecule has 7 N–H and O–H groups in total. The molecule has 0 radical (unpaired) electrons. The highest BCUT2D eigenvalue weighted by atomic mass is 32.5. The highest BCUT2D eigenvalue weighted by molar-refractivity contribution is 8.07. The number of hydrogen-bond acceptors (Lipinski definition) is 15. The SMILES string of the molecule is Nc1nc2c(ncn2[C@@H]2O[C@@H]3COP(O)(=S)O[C@@H]4[C@@H](COP(O)(=S)O[C@@H]2C3)OC[C@]4(F)n2ccc3c(N)ncnc32)c(=O)[nH]1. The van der Waals surface area contributed by atoms with Crippen molar-refractivity contribution in [1.82, 2.24) is 34.1 Å². The van der Waals surface area contributed by atoms with Crippen LogP contribution in [0.15, 0.2) is 29.7 Å². The van der Waals surface area contributed by atoms with Gasteiger partial charge < -0.3 is 44.3 Å². The molecule has 3 aliphatic rings. The zero-order valence-electron chi connectivity index (χ0n) is 22.2. The molecule has 0 aliphatic carbocycles. The number of aromatic amines is 1. The molecule has 7 rings (SSSR count). The van der Waals surface area contributed by atoms with Crippen LogP contribution in [-0.2, 0) is 57.0 Å². The predicted molar refractivity (Wildman–Crippen MR) is 157 cm³/mol. The van der Waals surface area contributed by atoms with Crippen LogP contribution in [0.3, 0.4) is 0 Å². The van der Waals surface area contributed by atoms with E-state index in [0.29, 0.717) is 5.39 Å². The number of hydrogen-bond donors (Lipinski definition) is 5. The first kappa shape index (κ1) is 30.2. The van der Waals surface area contributed by atoms with Crippen molar-refractivity contribution in [1.29, 1.82) is 0 Å². The number of alkyl halides is 1. The quantitative estimate of drug-likeness (QED) is 0.177. The van der Waals surface area contributed by atoms with Gasteiger partial charge in [-0.3, -0.25) is 23.4 Å². The lowest BCUT2D eigenvalue weighted by Crippen LogP contribution is -2.45. The minimum atomic E-state index is -4.18. The summed E-state index contributed by atoms with van der Waals surface area (Å²) in [5, 5.41) is 0.378. The number of halogens is 1. The van der Waals surface area contributed by atoms with Gasteiger partial charge in [0.1, 0.15) is 36.6 Å². The number of nitrogen functional groups attached to an aromatic ring is 2.